The van der Waals surface area contributed by atoms with E-state index in [1.165, 1.54) is 34.2 Å². The largest absolute Gasteiger partial charge is 0.318 e. The molecule has 1 aliphatic carbocycles. The van der Waals surface area contributed by atoms with Crippen LogP contribution in [0.5, 0.6) is 0 Å². The molecule has 0 radical (unpaired) electrons. The molecule has 1 atom stereocenters. The molecule has 3 rings (SSSR count). The monoisotopic (exact) mass is 251 g/mol. The lowest BCUT2D eigenvalue weighted by Gasteiger charge is -2.37. The zero-order valence-corrected chi connectivity index (χ0v) is 11.7. The van der Waals surface area contributed by atoms with E-state index in [-0.39, 0.29) is 5.54 Å². The Morgan fingerprint density at radius 2 is 1.68 bits per heavy atom. The van der Waals surface area contributed by atoms with Gasteiger partial charge in [-0.1, -0.05) is 42.5 Å². The van der Waals surface area contributed by atoms with Crippen LogP contribution in [0.2, 0.25) is 0 Å². The van der Waals surface area contributed by atoms with E-state index in [1.807, 2.05) is 0 Å². The molecule has 0 saturated heterocycles. The summed E-state index contributed by atoms with van der Waals surface area (Å²) >= 11 is 0. The Kier molecular flexibility index (Phi) is 2.94. The molecular weight excluding hydrogens is 230 g/mol. The van der Waals surface area contributed by atoms with Crippen LogP contribution in [-0.2, 0) is 12.0 Å². The smallest absolute Gasteiger partial charge is 0.0671 e. The standard InChI is InChI=1S/C18H21N/c1-13-7-5-11-16(14(13)2)18(19)12-6-9-15-8-3-4-10-17(15)18/h3-5,7-8,10-11H,6,9,12,19H2,1-2H3. The van der Waals surface area contributed by atoms with Crippen molar-refractivity contribution >= 4 is 0 Å². The van der Waals surface area contributed by atoms with Gasteiger partial charge in [-0.3, -0.25) is 0 Å². The van der Waals surface area contributed by atoms with Gasteiger partial charge in [0.1, 0.15) is 0 Å². The van der Waals surface area contributed by atoms with Crippen molar-refractivity contribution in [2.24, 2.45) is 5.73 Å². The quantitative estimate of drug-likeness (QED) is 0.818. The van der Waals surface area contributed by atoms with Crippen molar-refractivity contribution in [2.45, 2.75) is 38.6 Å². The minimum atomic E-state index is -0.315. The second-order valence-electron chi connectivity index (χ2n) is 5.73. The van der Waals surface area contributed by atoms with Gasteiger partial charge >= 0.3 is 0 Å². The van der Waals surface area contributed by atoms with Crippen molar-refractivity contribution in [3.8, 4) is 0 Å². The minimum absolute atomic E-state index is 0.315. The first-order chi connectivity index (χ1) is 9.13. The SMILES string of the molecule is Cc1cccc(C2(N)CCCc3ccccc32)c1C. The average molecular weight is 251 g/mol. The molecule has 1 nitrogen and oxygen atoms in total. The maximum absolute atomic E-state index is 6.86. The van der Waals surface area contributed by atoms with Crippen LogP contribution in [0.4, 0.5) is 0 Å². The lowest BCUT2D eigenvalue weighted by atomic mass is 9.71. The topological polar surface area (TPSA) is 26.0 Å². The molecule has 1 unspecified atom stereocenters. The summed E-state index contributed by atoms with van der Waals surface area (Å²) < 4.78 is 0. The summed E-state index contributed by atoms with van der Waals surface area (Å²) in [5, 5.41) is 0. The predicted molar refractivity (Wildman–Crippen MR) is 80.3 cm³/mol. The van der Waals surface area contributed by atoms with E-state index in [0.717, 1.165) is 12.8 Å². The van der Waals surface area contributed by atoms with Crippen LogP contribution in [0.3, 0.4) is 0 Å². The number of fused-ring (bicyclic) bond motifs is 1. The van der Waals surface area contributed by atoms with Gasteiger partial charge in [0, 0.05) is 0 Å². The Bertz CT molecular complexity index is 615. The fourth-order valence-corrected chi connectivity index (χ4v) is 3.38. The maximum atomic E-state index is 6.86. The van der Waals surface area contributed by atoms with Crippen molar-refractivity contribution in [3.05, 3.63) is 70.3 Å². The lowest BCUT2D eigenvalue weighted by molar-refractivity contribution is 0.440. The Balaban J connectivity index is 2.22. The third-order valence-corrected chi connectivity index (χ3v) is 4.60. The van der Waals surface area contributed by atoms with Gasteiger partial charge in [-0.2, -0.15) is 0 Å². The van der Waals surface area contributed by atoms with Crippen LogP contribution in [0.15, 0.2) is 42.5 Å². The Morgan fingerprint density at radius 3 is 2.53 bits per heavy atom. The van der Waals surface area contributed by atoms with Gasteiger partial charge in [-0.25, -0.2) is 0 Å². The van der Waals surface area contributed by atoms with Gasteiger partial charge in [0.05, 0.1) is 5.54 Å². The van der Waals surface area contributed by atoms with Gasteiger partial charge in [-0.15, -0.1) is 0 Å². The van der Waals surface area contributed by atoms with E-state index in [4.69, 9.17) is 5.73 Å². The highest BCUT2D eigenvalue weighted by Gasteiger charge is 2.35. The van der Waals surface area contributed by atoms with Crippen molar-refractivity contribution in [2.75, 3.05) is 0 Å². The number of hydrogen-bond acceptors (Lipinski definition) is 1. The normalized spacial score (nSPS) is 22.1. The predicted octanol–water partition coefficient (Wildman–Crippen LogP) is 3.84. The Morgan fingerprint density at radius 1 is 0.947 bits per heavy atom. The molecule has 2 aromatic carbocycles. The third kappa shape index (κ3) is 1.89. The molecular formula is C18H21N. The molecule has 0 aromatic heterocycles. The summed E-state index contributed by atoms with van der Waals surface area (Å²) in [6, 6.07) is 15.1. The molecule has 0 amide bonds. The first kappa shape index (κ1) is 12.4. The number of benzene rings is 2. The second kappa shape index (κ2) is 4.50. The molecule has 98 valence electrons. The first-order valence-corrected chi connectivity index (χ1v) is 7.07. The van der Waals surface area contributed by atoms with E-state index in [2.05, 4.69) is 56.3 Å². The molecule has 1 heteroatoms. The average Bonchev–Trinajstić information content (AvgIpc) is 2.42. The summed E-state index contributed by atoms with van der Waals surface area (Å²) in [6.45, 7) is 4.35. The summed E-state index contributed by atoms with van der Waals surface area (Å²) in [7, 11) is 0. The van der Waals surface area contributed by atoms with Crippen molar-refractivity contribution in [3.63, 3.8) is 0 Å². The summed E-state index contributed by atoms with van der Waals surface area (Å²) in [4.78, 5) is 0. The summed E-state index contributed by atoms with van der Waals surface area (Å²) in [5.74, 6) is 0. The molecule has 2 N–H and O–H groups in total. The van der Waals surface area contributed by atoms with Crippen LogP contribution in [0, 0.1) is 13.8 Å². The zero-order chi connectivity index (χ0) is 13.5. The van der Waals surface area contributed by atoms with Gasteiger partial charge in [0.2, 0.25) is 0 Å². The molecule has 0 heterocycles. The number of rotatable bonds is 1. The highest BCUT2D eigenvalue weighted by molar-refractivity contribution is 5.48. The fraction of sp³-hybridized carbons (Fsp3) is 0.333. The Hall–Kier alpha value is -1.60. The third-order valence-electron chi connectivity index (χ3n) is 4.60. The molecule has 19 heavy (non-hydrogen) atoms. The molecule has 0 spiro atoms. The van der Waals surface area contributed by atoms with Crippen LogP contribution in [0.1, 0.15) is 40.7 Å². The number of aryl methyl sites for hydroxylation is 2. The molecule has 0 saturated carbocycles. The van der Waals surface area contributed by atoms with Crippen LogP contribution < -0.4 is 5.73 Å². The van der Waals surface area contributed by atoms with E-state index < -0.39 is 0 Å². The van der Waals surface area contributed by atoms with E-state index >= 15 is 0 Å². The summed E-state index contributed by atoms with van der Waals surface area (Å²) in [5.41, 5.74) is 13.2. The Labute approximate surface area is 115 Å². The van der Waals surface area contributed by atoms with E-state index in [9.17, 15) is 0 Å². The van der Waals surface area contributed by atoms with Crippen molar-refractivity contribution in [1.29, 1.82) is 0 Å². The first-order valence-electron chi connectivity index (χ1n) is 7.07. The van der Waals surface area contributed by atoms with Crippen molar-refractivity contribution < 1.29 is 0 Å². The zero-order valence-electron chi connectivity index (χ0n) is 11.7. The van der Waals surface area contributed by atoms with Gasteiger partial charge in [0.15, 0.2) is 0 Å². The minimum Gasteiger partial charge on any atom is -0.318 e. The van der Waals surface area contributed by atoms with Crippen LogP contribution in [-0.4, -0.2) is 0 Å². The van der Waals surface area contributed by atoms with E-state index in [1.54, 1.807) is 0 Å². The van der Waals surface area contributed by atoms with Crippen LogP contribution in [0.25, 0.3) is 0 Å². The molecule has 0 fully saturated rings. The van der Waals surface area contributed by atoms with Gasteiger partial charge in [-0.05, 0) is 60.9 Å². The highest BCUT2D eigenvalue weighted by atomic mass is 14.8. The number of nitrogens with two attached hydrogens (primary N) is 1. The maximum Gasteiger partial charge on any atom is 0.0671 e. The van der Waals surface area contributed by atoms with Gasteiger partial charge in [0.25, 0.3) is 0 Å². The van der Waals surface area contributed by atoms with Gasteiger partial charge < -0.3 is 5.73 Å². The van der Waals surface area contributed by atoms with Crippen LogP contribution >= 0.6 is 0 Å². The number of hydrogen-bond donors (Lipinski definition) is 1. The van der Waals surface area contributed by atoms with E-state index in [0.29, 0.717) is 0 Å². The molecule has 0 bridgehead atoms. The molecule has 2 aromatic rings. The lowest BCUT2D eigenvalue weighted by Crippen LogP contribution is -2.41. The molecule has 0 aliphatic heterocycles. The fourth-order valence-electron chi connectivity index (χ4n) is 3.38. The molecule has 1 aliphatic rings. The summed E-state index contributed by atoms with van der Waals surface area (Å²) in [6.07, 6.45) is 3.36. The van der Waals surface area contributed by atoms with Crippen molar-refractivity contribution in [1.82, 2.24) is 0 Å². The second-order valence-corrected chi connectivity index (χ2v) is 5.73. The highest BCUT2D eigenvalue weighted by Crippen LogP contribution is 2.40.